The van der Waals surface area contributed by atoms with Crippen LogP contribution in [-0.2, 0) is 16.2 Å². The van der Waals surface area contributed by atoms with Crippen LogP contribution in [0.2, 0.25) is 0 Å². The third kappa shape index (κ3) is 5.22. The molecule has 0 saturated carbocycles. The lowest BCUT2D eigenvalue weighted by Crippen LogP contribution is -2.18. The molecule has 0 radical (unpaired) electrons. The van der Waals surface area contributed by atoms with Gasteiger partial charge >= 0.3 is 0 Å². The fraction of sp³-hybridized carbons (Fsp3) is 0.480. The monoisotopic (exact) mass is 365 g/mol. The Morgan fingerprint density at radius 2 is 1.22 bits per heavy atom. The minimum Gasteiger partial charge on any atom is -0.507 e. The Bertz CT molecular complexity index is 823. The molecule has 2 aromatic carbocycles. The van der Waals surface area contributed by atoms with Gasteiger partial charge in [0.1, 0.15) is 5.75 Å². The normalized spacial score (nSPS) is 13.4. The molecule has 2 heteroatoms. The van der Waals surface area contributed by atoms with Crippen LogP contribution in [-0.4, -0.2) is 11.3 Å². The van der Waals surface area contributed by atoms with E-state index in [2.05, 4.69) is 85.5 Å². The fourth-order valence-electron chi connectivity index (χ4n) is 3.01. The molecule has 2 rings (SSSR count). The molecule has 0 spiro atoms. The molecule has 1 N–H and O–H groups in total. The van der Waals surface area contributed by atoms with E-state index in [1.165, 1.54) is 5.56 Å². The molecular weight excluding hydrogens is 330 g/mol. The number of hydrogen-bond donors (Lipinski definition) is 1. The van der Waals surface area contributed by atoms with E-state index in [4.69, 9.17) is 0 Å². The van der Waals surface area contributed by atoms with Gasteiger partial charge in [-0.3, -0.25) is 4.99 Å². The van der Waals surface area contributed by atoms with E-state index in [0.29, 0.717) is 5.75 Å². The molecule has 0 fully saturated rings. The van der Waals surface area contributed by atoms with Gasteiger partial charge in [0.2, 0.25) is 0 Å². The lowest BCUT2D eigenvalue weighted by atomic mass is 9.78. The number of aromatic hydroxyl groups is 1. The average molecular weight is 366 g/mol. The highest BCUT2D eigenvalue weighted by atomic mass is 16.3. The second kappa shape index (κ2) is 7.14. The molecule has 0 unspecified atom stereocenters. The van der Waals surface area contributed by atoms with Crippen LogP contribution in [0, 0.1) is 0 Å². The first kappa shape index (κ1) is 21.2. The van der Waals surface area contributed by atoms with Crippen LogP contribution >= 0.6 is 0 Å². The Kier molecular flexibility index (Phi) is 5.61. The van der Waals surface area contributed by atoms with Gasteiger partial charge in [0.15, 0.2) is 0 Å². The van der Waals surface area contributed by atoms with Crippen LogP contribution < -0.4 is 0 Å². The SMILES string of the molecule is CC(C)(C)c1ccc(N=Cc2c(O)cc(C(C)(C)C)cc2C(C)(C)C)cc1. The van der Waals surface area contributed by atoms with Crippen LogP contribution in [0.15, 0.2) is 41.4 Å². The van der Waals surface area contributed by atoms with Gasteiger partial charge in [-0.05, 0) is 51.1 Å². The van der Waals surface area contributed by atoms with Crippen LogP contribution in [0.1, 0.15) is 84.6 Å². The van der Waals surface area contributed by atoms with Crippen molar-refractivity contribution < 1.29 is 5.11 Å². The first-order valence-electron chi connectivity index (χ1n) is 9.72. The maximum atomic E-state index is 10.7. The summed E-state index contributed by atoms with van der Waals surface area (Å²) in [6.07, 6.45) is 1.80. The Balaban J connectivity index is 2.47. The van der Waals surface area contributed by atoms with Gasteiger partial charge in [-0.15, -0.1) is 0 Å². The molecule has 2 nitrogen and oxygen atoms in total. The van der Waals surface area contributed by atoms with Crippen LogP contribution in [0.5, 0.6) is 5.75 Å². The van der Waals surface area contributed by atoms with Crippen molar-refractivity contribution in [1.82, 2.24) is 0 Å². The van der Waals surface area contributed by atoms with E-state index >= 15 is 0 Å². The standard InChI is InChI=1S/C25H35NO/c1-23(2,3)17-10-12-19(13-11-17)26-16-20-21(25(7,8)9)14-18(15-22(20)27)24(4,5)6/h10-16,27H,1-9H3. The highest BCUT2D eigenvalue weighted by Crippen LogP contribution is 2.36. The summed E-state index contributed by atoms with van der Waals surface area (Å²) >= 11 is 0. The van der Waals surface area contributed by atoms with E-state index in [-0.39, 0.29) is 16.2 Å². The van der Waals surface area contributed by atoms with Gasteiger partial charge in [-0.1, -0.05) is 80.5 Å². The average Bonchev–Trinajstić information content (AvgIpc) is 2.50. The molecule has 0 heterocycles. The number of nitrogens with zero attached hydrogens (tertiary/aromatic N) is 1. The van der Waals surface area contributed by atoms with E-state index in [1.807, 2.05) is 18.2 Å². The molecule has 0 aromatic heterocycles. The predicted molar refractivity (Wildman–Crippen MR) is 118 cm³/mol. The van der Waals surface area contributed by atoms with Crippen molar-refractivity contribution in [3.8, 4) is 5.75 Å². The van der Waals surface area contributed by atoms with Gasteiger partial charge in [0.05, 0.1) is 5.69 Å². The summed E-state index contributed by atoms with van der Waals surface area (Å²) in [6.45, 7) is 19.6. The maximum Gasteiger partial charge on any atom is 0.124 e. The zero-order valence-electron chi connectivity index (χ0n) is 18.4. The molecule has 0 bridgehead atoms. The highest BCUT2D eigenvalue weighted by Gasteiger charge is 2.24. The molecule has 0 aliphatic carbocycles. The molecule has 0 saturated heterocycles. The maximum absolute atomic E-state index is 10.7. The van der Waals surface area contributed by atoms with Crippen molar-refractivity contribution in [2.24, 2.45) is 4.99 Å². The van der Waals surface area contributed by atoms with Crippen LogP contribution in [0.3, 0.4) is 0 Å². The zero-order chi connectivity index (χ0) is 20.6. The zero-order valence-corrected chi connectivity index (χ0v) is 18.4. The van der Waals surface area contributed by atoms with E-state index < -0.39 is 0 Å². The van der Waals surface area contributed by atoms with Gasteiger partial charge in [-0.2, -0.15) is 0 Å². The Morgan fingerprint density at radius 3 is 1.67 bits per heavy atom. The van der Waals surface area contributed by atoms with Crippen LogP contribution in [0.4, 0.5) is 5.69 Å². The minimum atomic E-state index is -0.0871. The number of benzene rings is 2. The summed E-state index contributed by atoms with van der Waals surface area (Å²) in [7, 11) is 0. The lowest BCUT2D eigenvalue weighted by Gasteiger charge is -2.27. The van der Waals surface area contributed by atoms with Crippen molar-refractivity contribution in [3.63, 3.8) is 0 Å². The van der Waals surface area contributed by atoms with Crippen molar-refractivity contribution in [1.29, 1.82) is 0 Å². The van der Waals surface area contributed by atoms with Crippen molar-refractivity contribution in [2.75, 3.05) is 0 Å². The number of hydrogen-bond acceptors (Lipinski definition) is 2. The Morgan fingerprint density at radius 1 is 0.704 bits per heavy atom. The molecule has 0 amide bonds. The van der Waals surface area contributed by atoms with Gasteiger partial charge < -0.3 is 5.11 Å². The fourth-order valence-corrected chi connectivity index (χ4v) is 3.01. The van der Waals surface area contributed by atoms with Crippen molar-refractivity contribution in [3.05, 3.63) is 58.7 Å². The van der Waals surface area contributed by atoms with Crippen molar-refractivity contribution in [2.45, 2.75) is 78.6 Å². The summed E-state index contributed by atoms with van der Waals surface area (Å²) in [4.78, 5) is 4.64. The third-order valence-corrected chi connectivity index (χ3v) is 4.91. The third-order valence-electron chi connectivity index (χ3n) is 4.91. The number of rotatable bonds is 2. The smallest absolute Gasteiger partial charge is 0.124 e. The van der Waals surface area contributed by atoms with E-state index in [9.17, 15) is 5.11 Å². The van der Waals surface area contributed by atoms with Crippen molar-refractivity contribution >= 4 is 11.9 Å². The van der Waals surface area contributed by atoms with Gasteiger partial charge in [-0.25, -0.2) is 0 Å². The molecule has 0 aliphatic heterocycles. The van der Waals surface area contributed by atoms with Crippen LogP contribution in [0.25, 0.3) is 0 Å². The molecular formula is C25H35NO. The Hall–Kier alpha value is -2.09. The second-order valence-corrected chi connectivity index (χ2v) is 10.5. The molecule has 2 aromatic rings. The number of phenolic OH excluding ortho intramolecular Hbond substituents is 1. The molecule has 0 atom stereocenters. The Labute approximate surface area is 165 Å². The second-order valence-electron chi connectivity index (χ2n) is 10.5. The first-order valence-corrected chi connectivity index (χ1v) is 9.72. The summed E-state index contributed by atoms with van der Waals surface area (Å²) in [5, 5.41) is 10.7. The highest BCUT2D eigenvalue weighted by molar-refractivity contribution is 5.88. The number of phenols is 1. The lowest BCUT2D eigenvalue weighted by molar-refractivity contribution is 0.464. The quantitative estimate of drug-likeness (QED) is 0.569. The van der Waals surface area contributed by atoms with Gasteiger partial charge in [0.25, 0.3) is 0 Å². The first-order chi connectivity index (χ1) is 12.2. The predicted octanol–water partition coefficient (Wildman–Crippen LogP) is 7.04. The topological polar surface area (TPSA) is 32.6 Å². The summed E-state index contributed by atoms with van der Waals surface area (Å²) in [5.41, 5.74) is 5.25. The molecule has 27 heavy (non-hydrogen) atoms. The minimum absolute atomic E-state index is 0.0179. The summed E-state index contributed by atoms with van der Waals surface area (Å²) in [5.74, 6) is 0.294. The number of aliphatic imine (C=N–C) groups is 1. The molecule has 0 aliphatic rings. The molecule has 146 valence electrons. The summed E-state index contributed by atoms with van der Waals surface area (Å²) in [6, 6.07) is 12.4. The largest absolute Gasteiger partial charge is 0.507 e. The van der Waals surface area contributed by atoms with E-state index in [1.54, 1.807) is 6.21 Å². The summed E-state index contributed by atoms with van der Waals surface area (Å²) < 4.78 is 0. The van der Waals surface area contributed by atoms with Gasteiger partial charge in [0, 0.05) is 11.8 Å². The van der Waals surface area contributed by atoms with E-state index in [0.717, 1.165) is 22.4 Å².